The molecule has 0 N–H and O–H groups in total. The van der Waals surface area contributed by atoms with E-state index in [-0.39, 0.29) is 17.1 Å². The lowest BCUT2D eigenvalue weighted by molar-refractivity contribution is -0.143. The van der Waals surface area contributed by atoms with Crippen LogP contribution in [-0.2, 0) is 19.4 Å². The Kier molecular flexibility index (Phi) is 5.98. The normalized spacial score (nSPS) is 26.6. The van der Waals surface area contributed by atoms with Crippen molar-refractivity contribution in [3.05, 3.63) is 0 Å². The smallest absolute Gasteiger partial charge is 0.309 e. The van der Waals surface area contributed by atoms with E-state index in [1.54, 1.807) is 11.8 Å². The molecule has 4 nitrogen and oxygen atoms in total. The molecule has 3 unspecified atom stereocenters. The molecule has 1 rings (SSSR count). The molecule has 1 aliphatic carbocycles. The second-order valence-electron chi connectivity index (χ2n) is 5.00. The molecule has 1 saturated carbocycles. The fraction of sp³-hybridized carbons (Fsp3) is 0.917. The second-order valence-corrected chi connectivity index (χ2v) is 8.66. The Labute approximate surface area is 114 Å². The van der Waals surface area contributed by atoms with Gasteiger partial charge in [0.1, 0.15) is 9.84 Å². The summed E-state index contributed by atoms with van der Waals surface area (Å²) in [7, 11) is -1.53. The van der Waals surface area contributed by atoms with Crippen molar-refractivity contribution in [3.63, 3.8) is 0 Å². The average molecular weight is 294 g/mol. The maximum Gasteiger partial charge on any atom is 0.309 e. The molecule has 106 valence electrons. The van der Waals surface area contributed by atoms with Gasteiger partial charge < -0.3 is 4.74 Å². The second kappa shape index (κ2) is 6.80. The van der Waals surface area contributed by atoms with Crippen molar-refractivity contribution in [2.24, 2.45) is 5.92 Å². The van der Waals surface area contributed by atoms with Crippen molar-refractivity contribution in [1.82, 2.24) is 0 Å². The quantitative estimate of drug-likeness (QED) is 0.725. The number of esters is 1. The molecule has 0 amide bonds. The zero-order valence-corrected chi connectivity index (χ0v) is 12.9. The van der Waals surface area contributed by atoms with Gasteiger partial charge >= 0.3 is 5.97 Å². The molecule has 0 heterocycles. The van der Waals surface area contributed by atoms with Gasteiger partial charge in [-0.1, -0.05) is 13.3 Å². The number of thioether (sulfide) groups is 1. The van der Waals surface area contributed by atoms with E-state index >= 15 is 0 Å². The molecule has 6 heteroatoms. The first-order valence-electron chi connectivity index (χ1n) is 6.23. The third-order valence-corrected chi connectivity index (χ3v) is 6.60. The minimum absolute atomic E-state index is 0.126. The van der Waals surface area contributed by atoms with Crippen LogP contribution >= 0.6 is 11.8 Å². The summed E-state index contributed by atoms with van der Waals surface area (Å²) in [6, 6.07) is 0. The highest BCUT2D eigenvalue weighted by atomic mass is 32.2. The minimum Gasteiger partial charge on any atom is -0.469 e. The highest BCUT2D eigenvalue weighted by molar-refractivity contribution is 8.00. The molecule has 1 fully saturated rings. The Morgan fingerprint density at radius 2 is 2.11 bits per heavy atom. The Balaban J connectivity index is 2.42. The van der Waals surface area contributed by atoms with E-state index in [1.165, 1.54) is 13.4 Å². The Morgan fingerprint density at radius 1 is 1.44 bits per heavy atom. The number of rotatable bonds is 5. The minimum atomic E-state index is -2.92. The van der Waals surface area contributed by atoms with Gasteiger partial charge in [0.2, 0.25) is 0 Å². The standard InChI is InChI=1S/C12H22O4S2/c1-9(12(13)16-2)8-17-10-5-4-6-11(7-10)18(3,14)15/h9-11H,4-8H2,1-3H3. The Bertz CT molecular complexity index is 378. The summed E-state index contributed by atoms with van der Waals surface area (Å²) in [6.45, 7) is 1.84. The third-order valence-electron chi connectivity index (χ3n) is 3.37. The monoisotopic (exact) mass is 294 g/mol. The summed E-state index contributed by atoms with van der Waals surface area (Å²) in [5.41, 5.74) is 0. The zero-order chi connectivity index (χ0) is 13.8. The summed E-state index contributed by atoms with van der Waals surface area (Å²) in [6.07, 6.45) is 4.83. The molecule has 0 aromatic heterocycles. The maximum atomic E-state index is 11.5. The molecule has 0 saturated heterocycles. The van der Waals surface area contributed by atoms with Gasteiger partial charge in [-0.3, -0.25) is 4.79 Å². The van der Waals surface area contributed by atoms with Crippen LogP contribution in [0.3, 0.4) is 0 Å². The van der Waals surface area contributed by atoms with Gasteiger partial charge in [0.25, 0.3) is 0 Å². The summed E-state index contributed by atoms with van der Waals surface area (Å²) in [4.78, 5) is 11.3. The van der Waals surface area contributed by atoms with Crippen LogP contribution in [0.1, 0.15) is 32.6 Å². The number of carbonyl (C=O) groups excluding carboxylic acids is 1. The molecule has 0 aromatic rings. The van der Waals surface area contributed by atoms with E-state index in [0.29, 0.717) is 11.0 Å². The fourth-order valence-electron chi connectivity index (χ4n) is 2.19. The van der Waals surface area contributed by atoms with Crippen LogP contribution in [0, 0.1) is 5.92 Å². The molecule has 0 bridgehead atoms. The number of sulfone groups is 1. The van der Waals surface area contributed by atoms with Gasteiger partial charge in [-0.2, -0.15) is 11.8 Å². The number of hydrogen-bond acceptors (Lipinski definition) is 5. The van der Waals surface area contributed by atoms with Crippen molar-refractivity contribution in [3.8, 4) is 0 Å². The third kappa shape index (κ3) is 4.80. The molecular weight excluding hydrogens is 272 g/mol. The number of hydrogen-bond donors (Lipinski definition) is 0. The Hall–Kier alpha value is -0.230. The van der Waals surface area contributed by atoms with E-state index < -0.39 is 9.84 Å². The maximum absolute atomic E-state index is 11.5. The van der Waals surface area contributed by atoms with E-state index in [9.17, 15) is 13.2 Å². The van der Waals surface area contributed by atoms with Crippen LogP contribution in [0.2, 0.25) is 0 Å². The van der Waals surface area contributed by atoms with E-state index in [1.807, 2.05) is 6.92 Å². The van der Waals surface area contributed by atoms with E-state index in [4.69, 9.17) is 0 Å². The van der Waals surface area contributed by atoms with Crippen molar-refractivity contribution in [1.29, 1.82) is 0 Å². The number of ether oxygens (including phenoxy) is 1. The lowest BCUT2D eigenvalue weighted by Gasteiger charge is -2.28. The zero-order valence-electron chi connectivity index (χ0n) is 11.2. The molecule has 0 aromatic carbocycles. The van der Waals surface area contributed by atoms with Crippen molar-refractivity contribution >= 4 is 27.6 Å². The lowest BCUT2D eigenvalue weighted by Crippen LogP contribution is -2.29. The van der Waals surface area contributed by atoms with Crippen molar-refractivity contribution in [2.75, 3.05) is 19.1 Å². The van der Waals surface area contributed by atoms with Crippen molar-refractivity contribution in [2.45, 2.75) is 43.1 Å². The molecule has 0 radical (unpaired) electrons. The first kappa shape index (κ1) is 15.8. The highest BCUT2D eigenvalue weighted by Gasteiger charge is 2.29. The van der Waals surface area contributed by atoms with Crippen LogP contribution in [0.4, 0.5) is 0 Å². The van der Waals surface area contributed by atoms with Gasteiger partial charge in [-0.15, -0.1) is 0 Å². The largest absolute Gasteiger partial charge is 0.469 e. The van der Waals surface area contributed by atoms with Gasteiger partial charge in [0, 0.05) is 17.3 Å². The first-order valence-corrected chi connectivity index (χ1v) is 9.23. The summed E-state index contributed by atoms with van der Waals surface area (Å²) >= 11 is 1.70. The molecule has 0 aliphatic heterocycles. The summed E-state index contributed by atoms with van der Waals surface area (Å²) in [5.74, 6) is 0.380. The predicted molar refractivity (Wildman–Crippen MR) is 74.5 cm³/mol. The summed E-state index contributed by atoms with van der Waals surface area (Å²) in [5, 5.41) is 0.155. The van der Waals surface area contributed by atoms with Crippen LogP contribution in [0.15, 0.2) is 0 Å². The van der Waals surface area contributed by atoms with Gasteiger partial charge in [-0.25, -0.2) is 8.42 Å². The molecule has 0 spiro atoms. The summed E-state index contributed by atoms with van der Waals surface area (Å²) < 4.78 is 27.8. The van der Waals surface area contributed by atoms with Crippen molar-refractivity contribution < 1.29 is 17.9 Å². The predicted octanol–water partition coefficient (Wildman–Crippen LogP) is 1.88. The van der Waals surface area contributed by atoms with Crippen LogP contribution in [0.25, 0.3) is 0 Å². The van der Waals surface area contributed by atoms with Crippen LogP contribution in [-0.4, -0.2) is 44.0 Å². The van der Waals surface area contributed by atoms with E-state index in [0.717, 1.165) is 25.7 Å². The Morgan fingerprint density at radius 3 is 2.67 bits per heavy atom. The van der Waals surface area contributed by atoms with Crippen LogP contribution in [0.5, 0.6) is 0 Å². The molecule has 3 atom stereocenters. The highest BCUT2D eigenvalue weighted by Crippen LogP contribution is 2.32. The molecule has 18 heavy (non-hydrogen) atoms. The number of methoxy groups -OCH3 is 1. The van der Waals surface area contributed by atoms with Gasteiger partial charge in [0.05, 0.1) is 18.3 Å². The fourth-order valence-corrected chi connectivity index (χ4v) is 4.89. The van der Waals surface area contributed by atoms with E-state index in [2.05, 4.69) is 4.74 Å². The van der Waals surface area contributed by atoms with Gasteiger partial charge in [-0.05, 0) is 19.3 Å². The first-order chi connectivity index (χ1) is 8.34. The van der Waals surface area contributed by atoms with Crippen LogP contribution < -0.4 is 0 Å². The topological polar surface area (TPSA) is 60.4 Å². The SMILES string of the molecule is COC(=O)C(C)CSC1CCCC(S(C)(=O)=O)C1. The molecule has 1 aliphatic rings. The molecular formula is C12H22O4S2. The number of carbonyl (C=O) groups is 1. The van der Waals surface area contributed by atoms with Gasteiger partial charge in [0.15, 0.2) is 0 Å². The lowest BCUT2D eigenvalue weighted by atomic mass is 10.00. The average Bonchev–Trinajstić information content (AvgIpc) is 2.34.